The van der Waals surface area contributed by atoms with Crippen LogP contribution in [0.15, 0.2) is 0 Å². The summed E-state index contributed by atoms with van der Waals surface area (Å²) in [5, 5.41) is 6.13. The quantitative estimate of drug-likeness (QED) is 0.710. The van der Waals surface area contributed by atoms with Gasteiger partial charge < -0.3 is 15.4 Å². The van der Waals surface area contributed by atoms with Crippen molar-refractivity contribution in [1.29, 1.82) is 0 Å². The molecule has 0 aromatic carbocycles. The average molecular weight is 228 g/mol. The largest absolute Gasteiger partial charge is 0.381 e. The van der Waals surface area contributed by atoms with E-state index in [9.17, 15) is 4.79 Å². The van der Waals surface area contributed by atoms with Crippen LogP contribution < -0.4 is 10.6 Å². The third-order valence-corrected chi connectivity index (χ3v) is 3.22. The molecule has 1 heterocycles. The molecule has 0 aromatic heterocycles. The van der Waals surface area contributed by atoms with E-state index in [2.05, 4.69) is 17.6 Å². The second kappa shape index (κ2) is 7.63. The van der Waals surface area contributed by atoms with Crippen molar-refractivity contribution in [2.75, 3.05) is 26.8 Å². The molecule has 1 saturated heterocycles. The highest BCUT2D eigenvalue weighted by Crippen LogP contribution is 2.20. The van der Waals surface area contributed by atoms with E-state index in [0.29, 0.717) is 18.4 Å². The molecule has 0 spiro atoms. The summed E-state index contributed by atoms with van der Waals surface area (Å²) < 4.78 is 5.34. The first-order valence-electron chi connectivity index (χ1n) is 6.29. The molecule has 1 fully saturated rings. The van der Waals surface area contributed by atoms with Gasteiger partial charge in [-0.15, -0.1) is 0 Å². The summed E-state index contributed by atoms with van der Waals surface area (Å²) in [6, 6.07) is 0.327. The molecule has 1 amide bonds. The van der Waals surface area contributed by atoms with Gasteiger partial charge in [-0.25, -0.2) is 0 Å². The van der Waals surface area contributed by atoms with E-state index in [1.165, 1.54) is 0 Å². The molecule has 2 N–H and O–H groups in total. The zero-order valence-electron chi connectivity index (χ0n) is 10.4. The van der Waals surface area contributed by atoms with Crippen LogP contribution >= 0.6 is 0 Å². The highest BCUT2D eigenvalue weighted by Gasteiger charge is 2.23. The first-order valence-corrected chi connectivity index (χ1v) is 6.29. The molecule has 0 aromatic rings. The van der Waals surface area contributed by atoms with Crippen molar-refractivity contribution in [3.8, 4) is 0 Å². The molecule has 1 aliphatic rings. The summed E-state index contributed by atoms with van der Waals surface area (Å²) in [5.74, 6) is 0.755. The van der Waals surface area contributed by atoms with E-state index in [1.807, 2.05) is 7.05 Å². The number of amides is 1. The molecule has 1 atom stereocenters. The van der Waals surface area contributed by atoms with Crippen molar-refractivity contribution in [1.82, 2.24) is 10.6 Å². The number of rotatable bonds is 6. The fraction of sp³-hybridized carbons (Fsp3) is 0.917. The Kier molecular flexibility index (Phi) is 6.42. The topological polar surface area (TPSA) is 50.4 Å². The van der Waals surface area contributed by atoms with Gasteiger partial charge in [-0.2, -0.15) is 0 Å². The monoisotopic (exact) mass is 228 g/mol. The van der Waals surface area contributed by atoms with Crippen molar-refractivity contribution < 1.29 is 9.53 Å². The number of ether oxygens (including phenoxy) is 1. The van der Waals surface area contributed by atoms with Gasteiger partial charge in [0, 0.05) is 32.2 Å². The predicted molar refractivity (Wildman–Crippen MR) is 64.3 cm³/mol. The fourth-order valence-electron chi connectivity index (χ4n) is 2.19. The Morgan fingerprint density at radius 1 is 1.44 bits per heavy atom. The van der Waals surface area contributed by atoms with Crippen molar-refractivity contribution in [2.24, 2.45) is 5.92 Å². The Bertz CT molecular complexity index is 203. The van der Waals surface area contributed by atoms with Crippen LogP contribution in [0.2, 0.25) is 0 Å². The second-order valence-electron chi connectivity index (χ2n) is 4.39. The van der Waals surface area contributed by atoms with Crippen LogP contribution in [0, 0.1) is 5.92 Å². The highest BCUT2D eigenvalue weighted by molar-refractivity contribution is 5.76. The minimum Gasteiger partial charge on any atom is -0.381 e. The van der Waals surface area contributed by atoms with Gasteiger partial charge >= 0.3 is 0 Å². The normalized spacial score (nSPS) is 19.4. The number of hydrogen-bond donors (Lipinski definition) is 2. The molecule has 1 unspecified atom stereocenters. The molecule has 0 radical (unpaired) electrons. The van der Waals surface area contributed by atoms with Gasteiger partial charge in [0.05, 0.1) is 0 Å². The predicted octanol–water partition coefficient (Wildman–Crippen LogP) is 0.917. The van der Waals surface area contributed by atoms with Crippen molar-refractivity contribution >= 4 is 5.91 Å². The molecular weight excluding hydrogens is 204 g/mol. The third kappa shape index (κ3) is 4.49. The van der Waals surface area contributed by atoms with Crippen LogP contribution in [0.3, 0.4) is 0 Å². The maximum atomic E-state index is 11.6. The van der Waals surface area contributed by atoms with Gasteiger partial charge in [0.25, 0.3) is 0 Å². The Labute approximate surface area is 98.1 Å². The molecule has 1 rings (SSSR count). The molecular formula is C12H24N2O2. The van der Waals surface area contributed by atoms with Crippen LogP contribution in [-0.2, 0) is 9.53 Å². The second-order valence-corrected chi connectivity index (χ2v) is 4.39. The molecule has 0 saturated carbocycles. The van der Waals surface area contributed by atoms with E-state index >= 15 is 0 Å². The molecule has 0 aliphatic carbocycles. The van der Waals surface area contributed by atoms with E-state index in [0.717, 1.165) is 39.0 Å². The van der Waals surface area contributed by atoms with Crippen molar-refractivity contribution in [3.63, 3.8) is 0 Å². The van der Waals surface area contributed by atoms with Crippen LogP contribution in [0.25, 0.3) is 0 Å². The number of carbonyl (C=O) groups is 1. The first kappa shape index (κ1) is 13.5. The number of nitrogens with one attached hydrogen (secondary N) is 2. The molecule has 94 valence electrons. The minimum absolute atomic E-state index is 0.160. The Balaban J connectivity index is 2.32. The average Bonchev–Trinajstić information content (AvgIpc) is 2.34. The van der Waals surface area contributed by atoms with Crippen molar-refractivity contribution in [2.45, 2.75) is 38.6 Å². The maximum absolute atomic E-state index is 11.6. The van der Waals surface area contributed by atoms with Crippen LogP contribution in [0.1, 0.15) is 32.6 Å². The Morgan fingerprint density at radius 2 is 2.12 bits per heavy atom. The van der Waals surface area contributed by atoms with Crippen LogP contribution in [-0.4, -0.2) is 38.8 Å². The molecule has 4 nitrogen and oxygen atoms in total. The smallest absolute Gasteiger partial charge is 0.221 e. The van der Waals surface area contributed by atoms with Crippen molar-refractivity contribution in [3.05, 3.63) is 0 Å². The van der Waals surface area contributed by atoms with Gasteiger partial charge in [0.15, 0.2) is 0 Å². The lowest BCUT2D eigenvalue weighted by atomic mass is 9.90. The van der Waals surface area contributed by atoms with E-state index in [-0.39, 0.29) is 5.91 Å². The fourth-order valence-corrected chi connectivity index (χ4v) is 2.19. The Hall–Kier alpha value is -0.610. The minimum atomic E-state index is 0.160. The molecule has 0 bridgehead atoms. The third-order valence-electron chi connectivity index (χ3n) is 3.22. The summed E-state index contributed by atoms with van der Waals surface area (Å²) >= 11 is 0. The van der Waals surface area contributed by atoms with Gasteiger partial charge in [0.1, 0.15) is 0 Å². The zero-order chi connectivity index (χ0) is 11.8. The first-order chi connectivity index (χ1) is 7.77. The standard InChI is InChI=1S/C12H24N2O2/c1-3-11(10-5-8-16-9-6-10)14-12(15)4-7-13-2/h10-11,13H,3-9H2,1-2H3,(H,14,15). The molecule has 16 heavy (non-hydrogen) atoms. The van der Waals surface area contributed by atoms with E-state index in [1.54, 1.807) is 0 Å². The van der Waals surface area contributed by atoms with Gasteiger partial charge in [-0.05, 0) is 32.2 Å². The number of hydrogen-bond acceptors (Lipinski definition) is 3. The molecule has 1 aliphatic heterocycles. The zero-order valence-corrected chi connectivity index (χ0v) is 10.4. The van der Waals surface area contributed by atoms with Crippen LogP contribution in [0.4, 0.5) is 0 Å². The van der Waals surface area contributed by atoms with Crippen LogP contribution in [0.5, 0.6) is 0 Å². The maximum Gasteiger partial charge on any atom is 0.221 e. The number of carbonyl (C=O) groups excluding carboxylic acids is 1. The van der Waals surface area contributed by atoms with Gasteiger partial charge in [-0.1, -0.05) is 6.92 Å². The van der Waals surface area contributed by atoms with Gasteiger partial charge in [-0.3, -0.25) is 4.79 Å². The van der Waals surface area contributed by atoms with Gasteiger partial charge in [0.2, 0.25) is 5.91 Å². The summed E-state index contributed by atoms with van der Waals surface area (Å²) in [5.41, 5.74) is 0. The molecule has 4 heteroatoms. The van der Waals surface area contributed by atoms with E-state index < -0.39 is 0 Å². The summed E-state index contributed by atoms with van der Waals surface area (Å²) in [7, 11) is 1.86. The van der Waals surface area contributed by atoms with E-state index in [4.69, 9.17) is 4.74 Å². The lowest BCUT2D eigenvalue weighted by molar-refractivity contribution is -0.122. The summed E-state index contributed by atoms with van der Waals surface area (Å²) in [6.07, 6.45) is 3.72. The highest BCUT2D eigenvalue weighted by atomic mass is 16.5. The summed E-state index contributed by atoms with van der Waals surface area (Å²) in [6.45, 7) is 4.57. The Morgan fingerprint density at radius 3 is 2.69 bits per heavy atom. The SMILES string of the molecule is CCC(NC(=O)CCNC)C1CCOCC1. The lowest BCUT2D eigenvalue weighted by Gasteiger charge is -2.30. The summed E-state index contributed by atoms with van der Waals surface area (Å²) in [4.78, 5) is 11.6. The lowest BCUT2D eigenvalue weighted by Crippen LogP contribution is -2.42.